The van der Waals surface area contributed by atoms with Crippen molar-refractivity contribution in [1.29, 1.82) is 0 Å². The summed E-state index contributed by atoms with van der Waals surface area (Å²) in [5.41, 5.74) is 10.9. The Hall–Kier alpha value is -2.08. The SMILES string of the molecule is NC(=O)COc1cccc(NC(=O)C2(N)CCCC2)c1. The van der Waals surface area contributed by atoms with Gasteiger partial charge in [0, 0.05) is 11.8 Å². The van der Waals surface area contributed by atoms with Crippen molar-refractivity contribution in [1.82, 2.24) is 0 Å². The Balaban J connectivity index is 2.00. The molecular formula is C14H19N3O3. The zero-order valence-corrected chi connectivity index (χ0v) is 11.2. The number of carbonyl (C=O) groups excluding carboxylic acids is 2. The molecule has 2 rings (SSSR count). The monoisotopic (exact) mass is 277 g/mol. The predicted octanol–water partition coefficient (Wildman–Crippen LogP) is 0.761. The average molecular weight is 277 g/mol. The summed E-state index contributed by atoms with van der Waals surface area (Å²) in [6.07, 6.45) is 3.37. The fourth-order valence-electron chi connectivity index (χ4n) is 2.31. The Morgan fingerprint density at radius 2 is 2.00 bits per heavy atom. The van der Waals surface area contributed by atoms with E-state index >= 15 is 0 Å². The lowest BCUT2D eigenvalue weighted by Crippen LogP contribution is -2.48. The molecule has 1 aromatic carbocycles. The van der Waals surface area contributed by atoms with Gasteiger partial charge in [-0.15, -0.1) is 0 Å². The van der Waals surface area contributed by atoms with Crippen LogP contribution < -0.4 is 21.5 Å². The van der Waals surface area contributed by atoms with Gasteiger partial charge < -0.3 is 21.5 Å². The molecule has 0 radical (unpaired) electrons. The zero-order valence-electron chi connectivity index (χ0n) is 11.2. The predicted molar refractivity (Wildman–Crippen MR) is 75.1 cm³/mol. The number of carbonyl (C=O) groups is 2. The maximum atomic E-state index is 12.2. The van der Waals surface area contributed by atoms with E-state index in [9.17, 15) is 9.59 Å². The smallest absolute Gasteiger partial charge is 0.255 e. The molecule has 6 heteroatoms. The van der Waals surface area contributed by atoms with Crippen molar-refractivity contribution in [2.24, 2.45) is 11.5 Å². The summed E-state index contributed by atoms with van der Waals surface area (Å²) < 4.78 is 5.18. The summed E-state index contributed by atoms with van der Waals surface area (Å²) in [7, 11) is 0. The molecule has 0 saturated heterocycles. The highest BCUT2D eigenvalue weighted by Crippen LogP contribution is 2.28. The first kappa shape index (κ1) is 14.3. The molecule has 6 nitrogen and oxygen atoms in total. The summed E-state index contributed by atoms with van der Waals surface area (Å²) in [5.74, 6) is -0.257. The molecule has 0 aliphatic heterocycles. The van der Waals surface area contributed by atoms with Gasteiger partial charge in [-0.25, -0.2) is 0 Å². The number of ether oxygens (including phenoxy) is 1. The van der Waals surface area contributed by atoms with Crippen molar-refractivity contribution < 1.29 is 14.3 Å². The van der Waals surface area contributed by atoms with Crippen LogP contribution >= 0.6 is 0 Å². The largest absolute Gasteiger partial charge is 0.484 e. The molecule has 0 spiro atoms. The normalized spacial score (nSPS) is 16.6. The topological polar surface area (TPSA) is 107 Å². The van der Waals surface area contributed by atoms with Crippen LogP contribution in [-0.2, 0) is 9.59 Å². The van der Waals surface area contributed by atoms with Crippen molar-refractivity contribution in [3.05, 3.63) is 24.3 Å². The molecule has 1 aliphatic rings. The third-order valence-corrected chi connectivity index (χ3v) is 3.42. The van der Waals surface area contributed by atoms with Crippen LogP contribution in [0.2, 0.25) is 0 Å². The number of rotatable bonds is 5. The fourth-order valence-corrected chi connectivity index (χ4v) is 2.31. The number of hydrogen-bond donors (Lipinski definition) is 3. The number of amides is 2. The molecule has 0 unspecified atom stereocenters. The zero-order chi connectivity index (χ0) is 14.6. The Labute approximate surface area is 117 Å². The van der Waals surface area contributed by atoms with Gasteiger partial charge in [0.2, 0.25) is 5.91 Å². The second-order valence-corrected chi connectivity index (χ2v) is 5.10. The molecule has 2 amide bonds. The Morgan fingerprint density at radius 1 is 1.30 bits per heavy atom. The number of benzene rings is 1. The summed E-state index contributed by atoms with van der Waals surface area (Å²) in [6, 6.07) is 6.79. The van der Waals surface area contributed by atoms with Crippen LogP contribution in [0.25, 0.3) is 0 Å². The Bertz CT molecular complexity index is 510. The molecule has 1 fully saturated rings. The molecule has 1 aliphatic carbocycles. The van der Waals surface area contributed by atoms with Crippen LogP contribution in [0.15, 0.2) is 24.3 Å². The van der Waals surface area contributed by atoms with Crippen molar-refractivity contribution in [3.63, 3.8) is 0 Å². The number of nitrogens with two attached hydrogens (primary N) is 2. The van der Waals surface area contributed by atoms with E-state index in [1.807, 2.05) is 0 Å². The summed E-state index contributed by atoms with van der Waals surface area (Å²) in [5, 5.41) is 2.79. The first-order valence-electron chi connectivity index (χ1n) is 6.61. The quantitative estimate of drug-likeness (QED) is 0.738. The average Bonchev–Trinajstić information content (AvgIpc) is 2.85. The highest BCUT2D eigenvalue weighted by atomic mass is 16.5. The maximum absolute atomic E-state index is 12.2. The minimum atomic E-state index is -0.774. The Morgan fingerprint density at radius 3 is 2.65 bits per heavy atom. The van der Waals surface area contributed by atoms with Crippen molar-refractivity contribution in [3.8, 4) is 5.75 Å². The number of nitrogens with one attached hydrogen (secondary N) is 1. The highest BCUT2D eigenvalue weighted by Gasteiger charge is 2.36. The van der Waals surface area contributed by atoms with Crippen molar-refractivity contribution >= 4 is 17.5 Å². The van der Waals surface area contributed by atoms with E-state index in [0.717, 1.165) is 12.8 Å². The second-order valence-electron chi connectivity index (χ2n) is 5.10. The summed E-state index contributed by atoms with van der Waals surface area (Å²) in [6.45, 7) is -0.196. The standard InChI is InChI=1S/C14H19N3O3/c15-12(18)9-20-11-5-3-4-10(8-11)17-13(19)14(16)6-1-2-7-14/h3-5,8H,1-2,6-7,9,16H2,(H2,15,18)(H,17,19). The molecule has 1 aromatic rings. The second kappa shape index (κ2) is 5.92. The van der Waals surface area contributed by atoms with E-state index < -0.39 is 11.4 Å². The van der Waals surface area contributed by atoms with E-state index in [2.05, 4.69) is 5.32 Å². The maximum Gasteiger partial charge on any atom is 0.255 e. The van der Waals surface area contributed by atoms with Gasteiger partial charge in [0.05, 0.1) is 5.54 Å². The van der Waals surface area contributed by atoms with Gasteiger partial charge in [-0.3, -0.25) is 9.59 Å². The minimum absolute atomic E-state index is 0.179. The van der Waals surface area contributed by atoms with E-state index in [4.69, 9.17) is 16.2 Å². The van der Waals surface area contributed by atoms with E-state index in [0.29, 0.717) is 24.3 Å². The van der Waals surface area contributed by atoms with Gasteiger partial charge in [0.25, 0.3) is 5.91 Å². The van der Waals surface area contributed by atoms with Crippen LogP contribution in [0.1, 0.15) is 25.7 Å². The van der Waals surface area contributed by atoms with Crippen LogP contribution in [0.3, 0.4) is 0 Å². The van der Waals surface area contributed by atoms with E-state index in [-0.39, 0.29) is 12.5 Å². The lowest BCUT2D eigenvalue weighted by Gasteiger charge is -2.22. The van der Waals surface area contributed by atoms with Crippen molar-refractivity contribution in [2.75, 3.05) is 11.9 Å². The molecule has 5 N–H and O–H groups in total. The van der Waals surface area contributed by atoms with Crippen LogP contribution in [0.4, 0.5) is 5.69 Å². The Kier molecular flexibility index (Phi) is 4.24. The fraction of sp³-hybridized carbons (Fsp3) is 0.429. The summed E-state index contributed by atoms with van der Waals surface area (Å²) >= 11 is 0. The third-order valence-electron chi connectivity index (χ3n) is 3.42. The molecular weight excluding hydrogens is 258 g/mol. The number of anilines is 1. The molecule has 20 heavy (non-hydrogen) atoms. The third kappa shape index (κ3) is 3.48. The van der Waals surface area contributed by atoms with Crippen molar-refractivity contribution in [2.45, 2.75) is 31.2 Å². The number of hydrogen-bond acceptors (Lipinski definition) is 4. The number of primary amides is 1. The van der Waals surface area contributed by atoms with Gasteiger partial charge in [0.15, 0.2) is 6.61 Å². The summed E-state index contributed by atoms with van der Waals surface area (Å²) in [4.78, 5) is 22.8. The molecule has 0 atom stereocenters. The molecule has 0 heterocycles. The van der Waals surface area contributed by atoms with Crippen LogP contribution in [0.5, 0.6) is 5.75 Å². The van der Waals surface area contributed by atoms with Crippen LogP contribution in [-0.4, -0.2) is 24.0 Å². The molecule has 0 aromatic heterocycles. The molecule has 1 saturated carbocycles. The van der Waals surface area contributed by atoms with Gasteiger partial charge in [-0.05, 0) is 25.0 Å². The van der Waals surface area contributed by atoms with Crippen LogP contribution in [0, 0.1) is 0 Å². The van der Waals surface area contributed by atoms with E-state index in [1.54, 1.807) is 24.3 Å². The highest BCUT2D eigenvalue weighted by molar-refractivity contribution is 5.98. The molecule has 0 bridgehead atoms. The van der Waals surface area contributed by atoms with Gasteiger partial charge in [0.1, 0.15) is 5.75 Å². The van der Waals surface area contributed by atoms with Gasteiger partial charge >= 0.3 is 0 Å². The van der Waals surface area contributed by atoms with Gasteiger partial charge in [-0.1, -0.05) is 18.9 Å². The minimum Gasteiger partial charge on any atom is -0.484 e. The molecule has 108 valence electrons. The lowest BCUT2D eigenvalue weighted by atomic mass is 9.98. The van der Waals surface area contributed by atoms with Gasteiger partial charge in [-0.2, -0.15) is 0 Å². The lowest BCUT2D eigenvalue weighted by molar-refractivity contribution is -0.121. The first-order valence-corrected chi connectivity index (χ1v) is 6.61. The first-order chi connectivity index (χ1) is 9.49. The van der Waals surface area contributed by atoms with E-state index in [1.165, 1.54) is 0 Å².